The molecular weight excluding hydrogens is 259 g/mol. The summed E-state index contributed by atoms with van der Waals surface area (Å²) in [7, 11) is 1.97. The smallest absolute Gasteiger partial charge is 0.0522 e. The Bertz CT molecular complexity index is 316. The van der Waals surface area contributed by atoms with E-state index in [1.54, 1.807) is 0 Å². The molecule has 1 unspecified atom stereocenters. The molecule has 1 atom stereocenters. The van der Waals surface area contributed by atoms with Crippen LogP contribution in [0.2, 0.25) is 0 Å². The Balaban J connectivity index is 0.00000128. The molecule has 0 saturated carbocycles. The molecule has 0 bridgehead atoms. The van der Waals surface area contributed by atoms with Gasteiger partial charge in [-0.2, -0.15) is 5.10 Å². The topological polar surface area (TPSA) is 33.1 Å². The van der Waals surface area contributed by atoms with E-state index in [-0.39, 0.29) is 24.8 Å². The van der Waals surface area contributed by atoms with Gasteiger partial charge in [0.2, 0.25) is 0 Å². The molecule has 0 aliphatic carbocycles. The highest BCUT2D eigenvalue weighted by atomic mass is 35.5. The first-order valence-corrected chi connectivity index (χ1v) is 5.68. The van der Waals surface area contributed by atoms with Crippen LogP contribution in [0.4, 0.5) is 0 Å². The van der Waals surface area contributed by atoms with Crippen molar-refractivity contribution in [1.29, 1.82) is 0 Å². The maximum absolute atomic E-state index is 4.19. The van der Waals surface area contributed by atoms with E-state index in [1.807, 2.05) is 17.9 Å². The first-order chi connectivity index (χ1) is 7.25. The molecule has 1 N–H and O–H groups in total. The van der Waals surface area contributed by atoms with Crippen molar-refractivity contribution in [2.24, 2.45) is 7.05 Å². The van der Waals surface area contributed by atoms with Gasteiger partial charge in [0.1, 0.15) is 0 Å². The maximum atomic E-state index is 4.19. The van der Waals surface area contributed by atoms with Gasteiger partial charge in [0, 0.05) is 45.5 Å². The first-order valence-electron chi connectivity index (χ1n) is 5.68. The lowest BCUT2D eigenvalue weighted by Gasteiger charge is -2.33. The van der Waals surface area contributed by atoms with E-state index in [9.17, 15) is 0 Å². The number of hydrogen-bond donors (Lipinski definition) is 1. The van der Waals surface area contributed by atoms with E-state index in [0.717, 1.165) is 26.1 Å². The number of nitrogens with one attached hydrogen (secondary N) is 1. The highest BCUT2D eigenvalue weighted by Gasteiger charge is 2.17. The van der Waals surface area contributed by atoms with Crippen LogP contribution < -0.4 is 5.32 Å². The van der Waals surface area contributed by atoms with Crippen LogP contribution in [0.5, 0.6) is 0 Å². The second-order valence-corrected chi connectivity index (χ2v) is 4.36. The second-order valence-electron chi connectivity index (χ2n) is 4.36. The Morgan fingerprint density at radius 1 is 1.47 bits per heavy atom. The van der Waals surface area contributed by atoms with Crippen molar-refractivity contribution in [1.82, 2.24) is 20.0 Å². The van der Waals surface area contributed by atoms with E-state index < -0.39 is 0 Å². The van der Waals surface area contributed by atoms with Gasteiger partial charge in [0.15, 0.2) is 0 Å². The predicted octanol–water partition coefficient (Wildman–Crippen LogP) is 1.10. The summed E-state index contributed by atoms with van der Waals surface area (Å²) < 4.78 is 1.87. The third-order valence-electron chi connectivity index (χ3n) is 3.08. The molecule has 2 rings (SSSR count). The van der Waals surface area contributed by atoms with Gasteiger partial charge < -0.3 is 5.32 Å². The van der Waals surface area contributed by atoms with Gasteiger partial charge in [0.05, 0.1) is 6.20 Å². The molecule has 1 aromatic heterocycles. The minimum atomic E-state index is 0. The molecule has 0 amide bonds. The minimum Gasteiger partial charge on any atom is -0.314 e. The van der Waals surface area contributed by atoms with Crippen LogP contribution in [0.25, 0.3) is 0 Å². The zero-order valence-electron chi connectivity index (χ0n) is 10.4. The fourth-order valence-corrected chi connectivity index (χ4v) is 2.09. The van der Waals surface area contributed by atoms with Gasteiger partial charge in [-0.15, -0.1) is 24.8 Å². The van der Waals surface area contributed by atoms with Crippen LogP contribution in [0.15, 0.2) is 12.4 Å². The quantitative estimate of drug-likeness (QED) is 0.900. The molecule has 0 spiro atoms. The van der Waals surface area contributed by atoms with Crippen LogP contribution >= 0.6 is 24.8 Å². The lowest BCUT2D eigenvalue weighted by Crippen LogP contribution is -2.50. The Hall–Kier alpha value is -0.290. The van der Waals surface area contributed by atoms with Gasteiger partial charge in [-0.05, 0) is 18.9 Å². The molecule has 6 heteroatoms. The highest BCUT2D eigenvalue weighted by molar-refractivity contribution is 5.85. The van der Waals surface area contributed by atoms with Crippen LogP contribution in [0.1, 0.15) is 12.5 Å². The van der Waals surface area contributed by atoms with Crippen molar-refractivity contribution >= 4 is 24.8 Å². The number of hydrogen-bond acceptors (Lipinski definition) is 3. The number of aryl methyl sites for hydroxylation is 1. The zero-order valence-corrected chi connectivity index (χ0v) is 12.1. The van der Waals surface area contributed by atoms with Crippen LogP contribution in [0, 0.1) is 0 Å². The Morgan fingerprint density at radius 3 is 2.82 bits per heavy atom. The Labute approximate surface area is 116 Å². The van der Waals surface area contributed by atoms with E-state index in [1.165, 1.54) is 12.1 Å². The summed E-state index contributed by atoms with van der Waals surface area (Å²) in [6.45, 7) is 6.84. The van der Waals surface area contributed by atoms with E-state index >= 15 is 0 Å². The summed E-state index contributed by atoms with van der Waals surface area (Å²) in [6, 6.07) is 0.662. The Kier molecular flexibility index (Phi) is 7.79. The first kappa shape index (κ1) is 16.7. The summed E-state index contributed by atoms with van der Waals surface area (Å²) in [6.07, 6.45) is 5.18. The van der Waals surface area contributed by atoms with Crippen LogP contribution in [0.3, 0.4) is 0 Å². The number of piperazine rings is 1. The third-order valence-corrected chi connectivity index (χ3v) is 3.08. The van der Waals surface area contributed by atoms with Crippen LogP contribution in [-0.4, -0.2) is 46.9 Å². The molecule has 100 valence electrons. The molecule has 17 heavy (non-hydrogen) atoms. The minimum absolute atomic E-state index is 0. The molecule has 1 aliphatic heterocycles. The summed E-state index contributed by atoms with van der Waals surface area (Å²) in [4.78, 5) is 2.55. The molecule has 0 radical (unpaired) electrons. The Morgan fingerprint density at radius 2 is 2.24 bits per heavy atom. The number of nitrogens with zero attached hydrogens (tertiary/aromatic N) is 3. The average Bonchev–Trinajstić information content (AvgIpc) is 2.63. The largest absolute Gasteiger partial charge is 0.314 e. The van der Waals surface area contributed by atoms with Crippen molar-refractivity contribution in [3.63, 3.8) is 0 Å². The normalized spacial score (nSPS) is 20.5. The average molecular weight is 281 g/mol. The van der Waals surface area contributed by atoms with E-state index in [2.05, 4.69) is 28.4 Å². The maximum Gasteiger partial charge on any atom is 0.0522 e. The standard InChI is InChI=1S/C11H20N4.2ClH/c1-10-7-12-4-6-15(10)5-3-11-8-13-14(2)9-11;;/h8-10,12H,3-7H2,1-2H3;2*1H. The summed E-state index contributed by atoms with van der Waals surface area (Å²) in [5.41, 5.74) is 1.34. The predicted molar refractivity (Wildman–Crippen MR) is 75.3 cm³/mol. The summed E-state index contributed by atoms with van der Waals surface area (Å²) >= 11 is 0. The second kappa shape index (κ2) is 7.93. The lowest BCUT2D eigenvalue weighted by atomic mass is 10.2. The van der Waals surface area contributed by atoms with E-state index in [0.29, 0.717) is 6.04 Å². The van der Waals surface area contributed by atoms with Gasteiger partial charge >= 0.3 is 0 Å². The van der Waals surface area contributed by atoms with Crippen molar-refractivity contribution < 1.29 is 0 Å². The third kappa shape index (κ3) is 4.84. The molecule has 1 saturated heterocycles. The highest BCUT2D eigenvalue weighted by Crippen LogP contribution is 2.05. The van der Waals surface area contributed by atoms with Crippen molar-refractivity contribution in [2.75, 3.05) is 26.2 Å². The van der Waals surface area contributed by atoms with Gasteiger partial charge in [-0.3, -0.25) is 9.58 Å². The molecular formula is C11H22Cl2N4. The fourth-order valence-electron chi connectivity index (χ4n) is 2.09. The molecule has 0 aromatic carbocycles. The van der Waals surface area contributed by atoms with Gasteiger partial charge in [-0.25, -0.2) is 0 Å². The SMILES string of the molecule is CC1CNCCN1CCc1cnn(C)c1.Cl.Cl. The molecule has 1 fully saturated rings. The van der Waals surface area contributed by atoms with Crippen molar-refractivity contribution in [2.45, 2.75) is 19.4 Å². The summed E-state index contributed by atoms with van der Waals surface area (Å²) in [5.74, 6) is 0. The molecule has 1 aromatic rings. The lowest BCUT2D eigenvalue weighted by molar-refractivity contribution is 0.176. The number of rotatable bonds is 3. The van der Waals surface area contributed by atoms with Gasteiger partial charge in [0.25, 0.3) is 0 Å². The number of halogens is 2. The summed E-state index contributed by atoms with van der Waals surface area (Å²) in [5, 5.41) is 7.59. The van der Waals surface area contributed by atoms with Crippen LogP contribution in [-0.2, 0) is 13.5 Å². The fraction of sp³-hybridized carbons (Fsp3) is 0.727. The number of aromatic nitrogens is 2. The molecule has 2 heterocycles. The van der Waals surface area contributed by atoms with Crippen molar-refractivity contribution in [3.8, 4) is 0 Å². The monoisotopic (exact) mass is 280 g/mol. The van der Waals surface area contributed by atoms with Crippen molar-refractivity contribution in [3.05, 3.63) is 18.0 Å². The molecule has 1 aliphatic rings. The molecule has 4 nitrogen and oxygen atoms in total. The van der Waals surface area contributed by atoms with E-state index in [4.69, 9.17) is 0 Å². The van der Waals surface area contributed by atoms with Gasteiger partial charge in [-0.1, -0.05) is 0 Å². The zero-order chi connectivity index (χ0) is 10.7.